The molecule has 3 N–H and O–H groups in total. The SMILES string of the molecule is Nc1ncc(-c2cnn(C3CCOCC3)c2)c2occ(-c3ccc(NS(=O)(=O)C(F)F)c(OCc4ccc(F)cc4)c3)c12. The molecular weight excluding hydrogens is 587 g/mol. The van der Waals surface area contributed by atoms with Crippen LogP contribution in [0, 0.1) is 5.82 Å². The number of hydrogen-bond donors (Lipinski definition) is 2. The van der Waals surface area contributed by atoms with Crippen LogP contribution in [0.25, 0.3) is 33.2 Å². The second kappa shape index (κ2) is 11.6. The molecule has 43 heavy (non-hydrogen) atoms. The number of hydrogen-bond acceptors (Lipinski definition) is 8. The monoisotopic (exact) mass is 613 g/mol. The smallest absolute Gasteiger partial charge is 0.355 e. The van der Waals surface area contributed by atoms with Gasteiger partial charge in [0.25, 0.3) is 10.0 Å². The van der Waals surface area contributed by atoms with Crippen molar-refractivity contribution in [3.8, 4) is 28.0 Å². The van der Waals surface area contributed by atoms with Crippen LogP contribution in [0.15, 0.2) is 71.7 Å². The van der Waals surface area contributed by atoms with Crippen LogP contribution in [0.4, 0.5) is 24.7 Å². The molecule has 3 aromatic heterocycles. The average molecular weight is 614 g/mol. The van der Waals surface area contributed by atoms with E-state index in [9.17, 15) is 21.6 Å². The van der Waals surface area contributed by atoms with E-state index in [4.69, 9.17) is 19.6 Å². The fourth-order valence-electron chi connectivity index (χ4n) is 4.95. The van der Waals surface area contributed by atoms with Gasteiger partial charge >= 0.3 is 5.76 Å². The second-order valence-electron chi connectivity index (χ2n) is 10.00. The van der Waals surface area contributed by atoms with Gasteiger partial charge in [-0.3, -0.25) is 9.40 Å². The van der Waals surface area contributed by atoms with Crippen molar-refractivity contribution in [3.05, 3.63) is 78.7 Å². The lowest BCUT2D eigenvalue weighted by Crippen LogP contribution is -2.21. The number of anilines is 2. The Hall–Kier alpha value is -4.56. The molecule has 0 radical (unpaired) electrons. The summed E-state index contributed by atoms with van der Waals surface area (Å²) >= 11 is 0. The summed E-state index contributed by atoms with van der Waals surface area (Å²) in [6.07, 6.45) is 8.46. The first-order valence-corrected chi connectivity index (χ1v) is 14.8. The number of benzene rings is 2. The molecule has 0 unspecified atom stereocenters. The molecule has 5 aromatic rings. The lowest BCUT2D eigenvalue weighted by Gasteiger charge is -2.22. The molecule has 1 aliphatic rings. The van der Waals surface area contributed by atoms with E-state index in [-0.39, 0.29) is 29.9 Å². The average Bonchev–Trinajstić information content (AvgIpc) is 3.67. The quantitative estimate of drug-likeness (QED) is 0.208. The molecule has 14 heteroatoms. The molecular formula is C29H26F3N5O5S. The van der Waals surface area contributed by atoms with Gasteiger partial charge in [-0.25, -0.2) is 17.8 Å². The number of halogens is 3. The highest BCUT2D eigenvalue weighted by Gasteiger charge is 2.26. The number of fused-ring (bicyclic) bond motifs is 1. The molecule has 4 heterocycles. The van der Waals surface area contributed by atoms with Crippen LogP contribution >= 0.6 is 0 Å². The Morgan fingerprint density at radius 2 is 1.84 bits per heavy atom. The van der Waals surface area contributed by atoms with E-state index >= 15 is 0 Å². The van der Waals surface area contributed by atoms with Crippen molar-refractivity contribution in [3.63, 3.8) is 0 Å². The van der Waals surface area contributed by atoms with Crippen LogP contribution in [0.2, 0.25) is 0 Å². The van der Waals surface area contributed by atoms with E-state index < -0.39 is 21.6 Å². The lowest BCUT2D eigenvalue weighted by molar-refractivity contribution is 0.0662. The van der Waals surface area contributed by atoms with E-state index in [1.165, 1.54) is 48.7 Å². The predicted octanol–water partition coefficient (Wildman–Crippen LogP) is 5.97. The van der Waals surface area contributed by atoms with Crippen LogP contribution in [0.5, 0.6) is 5.75 Å². The molecule has 0 bridgehead atoms. The van der Waals surface area contributed by atoms with Gasteiger partial charge in [0.15, 0.2) is 0 Å². The normalized spacial score (nSPS) is 14.4. The van der Waals surface area contributed by atoms with E-state index in [0.29, 0.717) is 46.4 Å². The number of sulfonamides is 1. The summed E-state index contributed by atoms with van der Waals surface area (Å²) in [5.41, 5.74) is 9.60. The molecule has 224 valence electrons. The molecule has 1 saturated heterocycles. The highest BCUT2D eigenvalue weighted by Crippen LogP contribution is 2.41. The third kappa shape index (κ3) is 5.88. The Labute approximate surface area is 244 Å². The summed E-state index contributed by atoms with van der Waals surface area (Å²) in [7, 11) is -4.99. The number of pyridine rings is 1. The van der Waals surface area contributed by atoms with Gasteiger partial charge in [0.2, 0.25) is 0 Å². The number of nitrogens with one attached hydrogen (secondary N) is 1. The number of nitrogen functional groups attached to an aromatic ring is 1. The van der Waals surface area contributed by atoms with Crippen LogP contribution in [0.1, 0.15) is 24.4 Å². The number of rotatable bonds is 9. The Balaban J connectivity index is 1.37. The highest BCUT2D eigenvalue weighted by atomic mass is 32.2. The zero-order valence-electron chi connectivity index (χ0n) is 22.5. The number of nitrogens with zero attached hydrogens (tertiary/aromatic N) is 3. The fourth-order valence-corrected chi connectivity index (χ4v) is 5.51. The zero-order chi connectivity index (χ0) is 30.1. The van der Waals surface area contributed by atoms with Crippen molar-refractivity contribution in [2.45, 2.75) is 31.2 Å². The molecule has 0 amide bonds. The lowest BCUT2D eigenvalue weighted by atomic mass is 10.0. The Morgan fingerprint density at radius 3 is 2.58 bits per heavy atom. The van der Waals surface area contributed by atoms with Gasteiger partial charge in [-0.05, 0) is 48.2 Å². The van der Waals surface area contributed by atoms with E-state index in [0.717, 1.165) is 18.4 Å². The van der Waals surface area contributed by atoms with E-state index in [1.54, 1.807) is 12.4 Å². The molecule has 0 atom stereocenters. The summed E-state index contributed by atoms with van der Waals surface area (Å²) in [6, 6.07) is 10.00. The summed E-state index contributed by atoms with van der Waals surface area (Å²) in [4.78, 5) is 4.38. The predicted molar refractivity (Wildman–Crippen MR) is 153 cm³/mol. The molecule has 2 aromatic carbocycles. The van der Waals surface area contributed by atoms with Gasteiger partial charge in [-0.1, -0.05) is 18.2 Å². The molecule has 6 rings (SSSR count). The standard InChI is InChI=1S/C29H26F3N5O5S/c30-20-4-1-17(2-5-20)15-41-25-11-18(3-6-24(25)36-43(38,39)29(31)32)23-16-42-27-22(13-34-28(33)26(23)27)19-12-35-37(14-19)21-7-9-40-10-8-21/h1-6,11-14,16,21,29,36H,7-10,15H2,(H2,33,34). The van der Waals surface area contributed by atoms with Crippen molar-refractivity contribution in [1.82, 2.24) is 14.8 Å². The maximum atomic E-state index is 13.3. The van der Waals surface area contributed by atoms with Crippen molar-refractivity contribution in [2.24, 2.45) is 0 Å². The van der Waals surface area contributed by atoms with Gasteiger partial charge < -0.3 is 19.6 Å². The Bertz CT molecular complexity index is 1870. The molecule has 10 nitrogen and oxygen atoms in total. The highest BCUT2D eigenvalue weighted by molar-refractivity contribution is 7.93. The third-order valence-corrected chi connectivity index (χ3v) is 8.16. The number of aromatic nitrogens is 3. The van der Waals surface area contributed by atoms with Crippen molar-refractivity contribution in [2.75, 3.05) is 23.7 Å². The summed E-state index contributed by atoms with van der Waals surface area (Å²) < 4.78 is 84.6. The van der Waals surface area contributed by atoms with Gasteiger partial charge in [0.1, 0.15) is 29.6 Å². The van der Waals surface area contributed by atoms with Crippen molar-refractivity contribution < 1.29 is 35.5 Å². The summed E-state index contributed by atoms with van der Waals surface area (Å²) in [6.45, 7) is 1.25. The minimum atomic E-state index is -4.99. The first-order chi connectivity index (χ1) is 20.7. The van der Waals surface area contributed by atoms with Crippen molar-refractivity contribution in [1.29, 1.82) is 0 Å². The van der Waals surface area contributed by atoms with Crippen LogP contribution < -0.4 is 15.2 Å². The molecule has 0 saturated carbocycles. The third-order valence-electron chi connectivity index (χ3n) is 7.19. The van der Waals surface area contributed by atoms with Crippen LogP contribution in [-0.2, 0) is 21.4 Å². The minimum absolute atomic E-state index is 0.0409. The fraction of sp³-hybridized carbons (Fsp3) is 0.241. The van der Waals surface area contributed by atoms with Gasteiger partial charge in [0.05, 0.1) is 29.6 Å². The zero-order valence-corrected chi connectivity index (χ0v) is 23.4. The van der Waals surface area contributed by atoms with Crippen LogP contribution in [-0.4, -0.2) is 42.2 Å². The number of ether oxygens (including phenoxy) is 2. The topological polar surface area (TPSA) is 134 Å². The molecule has 0 spiro atoms. The first kappa shape index (κ1) is 28.6. The summed E-state index contributed by atoms with van der Waals surface area (Å²) in [5.74, 6) is -3.95. The molecule has 1 fully saturated rings. The molecule has 0 aliphatic carbocycles. The minimum Gasteiger partial charge on any atom is -0.487 e. The van der Waals surface area contributed by atoms with Crippen molar-refractivity contribution >= 4 is 32.5 Å². The van der Waals surface area contributed by atoms with Crippen LogP contribution in [0.3, 0.4) is 0 Å². The largest absolute Gasteiger partial charge is 0.487 e. The van der Waals surface area contributed by atoms with Gasteiger partial charge in [0, 0.05) is 42.3 Å². The Kier molecular flexibility index (Phi) is 7.71. The molecule has 1 aliphatic heterocycles. The van der Waals surface area contributed by atoms with Gasteiger partial charge in [-0.15, -0.1) is 0 Å². The summed E-state index contributed by atoms with van der Waals surface area (Å²) in [5, 5.41) is 5.04. The Morgan fingerprint density at radius 1 is 1.07 bits per heavy atom. The van der Waals surface area contributed by atoms with E-state index in [1.807, 2.05) is 15.6 Å². The van der Waals surface area contributed by atoms with E-state index in [2.05, 4.69) is 10.1 Å². The maximum Gasteiger partial charge on any atom is 0.355 e. The number of nitrogens with two attached hydrogens (primary N) is 1. The number of alkyl halides is 2. The first-order valence-electron chi connectivity index (χ1n) is 13.3. The van der Waals surface area contributed by atoms with Gasteiger partial charge in [-0.2, -0.15) is 13.9 Å². The maximum absolute atomic E-state index is 13.3. The number of furan rings is 1. The second-order valence-corrected chi connectivity index (χ2v) is 11.6.